The minimum Gasteiger partial charge on any atom is -0.461 e. The van der Waals surface area contributed by atoms with E-state index < -0.39 is 102 Å². The molecule has 4 aliphatic rings. The van der Waals surface area contributed by atoms with Gasteiger partial charge in [-0.3, -0.25) is 0 Å². The van der Waals surface area contributed by atoms with Gasteiger partial charge in [0.25, 0.3) is 0 Å². The molecule has 4 saturated carbocycles. The van der Waals surface area contributed by atoms with Crippen LogP contribution in [-0.4, -0.2) is 89.2 Å². The Kier molecular flexibility index (Phi) is 12.6. The average Bonchev–Trinajstić information content (AvgIpc) is 3.47. The number of aliphatic hydroxyl groups is 1. The normalized spacial score (nSPS) is 32.2. The number of fused-ring (bicyclic) bond motifs is 5. The zero-order chi connectivity index (χ0) is 47.6. The Balaban J connectivity index is 1.50. The van der Waals surface area contributed by atoms with Gasteiger partial charge in [0.05, 0.1) is 12.7 Å². The standard InChI is InChI=1S/C35H39F23O3/c1-15(19-6-7-20-18-5-4-16-14-17(59)8-11-23(16,2)21(18)9-12-24(19,20)3)10-13-61-22(60)25(36,37)26(38,39)27(40,41)28(42,43)29(44,45)30(46,47)31(48,49)32(50,51)33(52,53)34(54,55)35(56,57)58/h15-21,59H,4-14H2,1-3H3/t15-,16-,17-,18+,19-,20+,21+,23+,24-/m1/s1. The summed E-state index contributed by atoms with van der Waals surface area (Å²) in [6.07, 6.45) is -2.63. The number of halogens is 23. The fraction of sp³-hybridized carbons (Fsp3) is 0.971. The topological polar surface area (TPSA) is 46.5 Å². The summed E-state index contributed by atoms with van der Waals surface area (Å²) in [7, 11) is 0. The van der Waals surface area contributed by atoms with Gasteiger partial charge in [0, 0.05) is 0 Å². The van der Waals surface area contributed by atoms with E-state index in [1.807, 2.05) is 6.92 Å². The second-order valence-corrected chi connectivity index (χ2v) is 17.5. The smallest absolute Gasteiger partial charge is 0.460 e. The van der Waals surface area contributed by atoms with Crippen molar-refractivity contribution in [2.75, 3.05) is 6.61 Å². The molecule has 4 aliphatic carbocycles. The van der Waals surface area contributed by atoms with Crippen molar-refractivity contribution >= 4 is 5.97 Å². The van der Waals surface area contributed by atoms with Crippen LogP contribution in [0.1, 0.15) is 85.0 Å². The van der Waals surface area contributed by atoms with Crippen LogP contribution in [0, 0.1) is 46.3 Å². The fourth-order valence-corrected chi connectivity index (χ4v) is 10.7. The van der Waals surface area contributed by atoms with E-state index in [0.717, 1.165) is 25.7 Å². The van der Waals surface area contributed by atoms with Gasteiger partial charge < -0.3 is 9.84 Å². The number of alkyl halides is 23. The fourth-order valence-electron chi connectivity index (χ4n) is 10.7. The van der Waals surface area contributed by atoms with Crippen molar-refractivity contribution in [2.24, 2.45) is 46.3 Å². The summed E-state index contributed by atoms with van der Waals surface area (Å²) in [6.45, 7) is 4.27. The molecule has 1 N–H and O–H groups in total. The molecule has 0 aromatic carbocycles. The van der Waals surface area contributed by atoms with Crippen LogP contribution >= 0.6 is 0 Å². The second kappa shape index (κ2) is 14.9. The van der Waals surface area contributed by atoms with Crippen LogP contribution in [-0.2, 0) is 9.53 Å². The van der Waals surface area contributed by atoms with Crippen molar-refractivity contribution in [3.05, 3.63) is 0 Å². The van der Waals surface area contributed by atoms with E-state index in [1.54, 1.807) is 0 Å². The molecular formula is C35H39F23O3. The molecule has 0 saturated heterocycles. The maximum absolute atomic E-state index is 14.5. The summed E-state index contributed by atoms with van der Waals surface area (Å²) in [5, 5.41) is 10.2. The molecule has 4 rings (SSSR count). The van der Waals surface area contributed by atoms with Gasteiger partial charge in [-0.2, -0.15) is 101 Å². The van der Waals surface area contributed by atoms with Gasteiger partial charge >= 0.3 is 71.4 Å². The van der Waals surface area contributed by atoms with Crippen molar-refractivity contribution in [1.29, 1.82) is 0 Å². The summed E-state index contributed by atoms with van der Waals surface area (Å²) >= 11 is 0. The first kappa shape index (κ1) is 51.5. The number of hydrogen-bond donors (Lipinski definition) is 1. The van der Waals surface area contributed by atoms with Crippen molar-refractivity contribution in [2.45, 2.75) is 156 Å². The molecule has 0 aliphatic heterocycles. The summed E-state index contributed by atoms with van der Waals surface area (Å²) in [4.78, 5) is 12.0. The van der Waals surface area contributed by atoms with Gasteiger partial charge in [0.1, 0.15) is 0 Å². The van der Waals surface area contributed by atoms with E-state index in [-0.39, 0.29) is 23.2 Å². The zero-order valence-corrected chi connectivity index (χ0v) is 31.8. The monoisotopic (exact) mass is 944 g/mol. The Labute approximate surface area is 331 Å². The Morgan fingerprint density at radius 2 is 0.967 bits per heavy atom. The number of carbonyl (C=O) groups is 1. The number of hydrogen-bond acceptors (Lipinski definition) is 3. The average molecular weight is 945 g/mol. The molecule has 3 nitrogen and oxygen atoms in total. The molecule has 0 heterocycles. The quantitative estimate of drug-likeness (QED) is 0.139. The van der Waals surface area contributed by atoms with Crippen molar-refractivity contribution < 1.29 is 116 Å². The molecule has 0 bridgehead atoms. The van der Waals surface area contributed by atoms with Crippen LogP contribution in [0.2, 0.25) is 0 Å². The van der Waals surface area contributed by atoms with Crippen molar-refractivity contribution in [3.63, 3.8) is 0 Å². The lowest BCUT2D eigenvalue weighted by Gasteiger charge is -2.61. The van der Waals surface area contributed by atoms with Crippen LogP contribution in [0.3, 0.4) is 0 Å². The van der Waals surface area contributed by atoms with Crippen LogP contribution in [0.15, 0.2) is 0 Å². The molecule has 4 fully saturated rings. The van der Waals surface area contributed by atoms with Crippen molar-refractivity contribution in [3.8, 4) is 0 Å². The summed E-state index contributed by atoms with van der Waals surface area (Å²) < 4.78 is 320. The third-order valence-electron chi connectivity index (χ3n) is 14.4. The first-order valence-corrected chi connectivity index (χ1v) is 18.7. The largest absolute Gasteiger partial charge is 0.461 e. The number of carbonyl (C=O) groups excluding carboxylic acids is 1. The lowest BCUT2D eigenvalue weighted by atomic mass is 9.44. The number of rotatable bonds is 14. The summed E-state index contributed by atoms with van der Waals surface area (Å²) in [5.74, 6) is -93.5. The zero-order valence-electron chi connectivity index (χ0n) is 31.8. The van der Waals surface area contributed by atoms with Gasteiger partial charge in [-0.25, -0.2) is 4.79 Å². The molecule has 0 amide bonds. The predicted molar refractivity (Wildman–Crippen MR) is 161 cm³/mol. The van der Waals surface area contributed by atoms with Gasteiger partial charge in [0.15, 0.2) is 0 Å². The van der Waals surface area contributed by atoms with Gasteiger partial charge in [-0.05, 0) is 111 Å². The highest BCUT2D eigenvalue weighted by Crippen LogP contribution is 2.70. The predicted octanol–water partition coefficient (Wildman–Crippen LogP) is 12.5. The Morgan fingerprint density at radius 1 is 0.557 bits per heavy atom. The molecule has 26 heteroatoms. The van der Waals surface area contributed by atoms with Gasteiger partial charge in [0.2, 0.25) is 0 Å². The lowest BCUT2D eigenvalue weighted by Crippen LogP contribution is -2.78. The Bertz CT molecular complexity index is 1630. The number of ether oxygens (including phenoxy) is 1. The van der Waals surface area contributed by atoms with E-state index in [9.17, 15) is 111 Å². The molecule has 0 aromatic rings. The van der Waals surface area contributed by atoms with E-state index in [4.69, 9.17) is 0 Å². The molecular weight excluding hydrogens is 905 g/mol. The van der Waals surface area contributed by atoms with E-state index in [1.165, 1.54) is 6.92 Å². The van der Waals surface area contributed by atoms with E-state index in [2.05, 4.69) is 11.7 Å². The SMILES string of the molecule is C[C@H](CCOC(=O)C(F)(F)C(F)(F)C(F)(F)C(F)(F)C(F)(F)C(F)(F)C(F)(F)C(F)(F)C(F)(F)C(F)(F)C(F)(F)F)[C@H]1CC[C@H]2[C@@H]3CC[C@@H]4C[C@H](O)CC[C@]4(C)[C@H]3CC[C@]12C. The Morgan fingerprint density at radius 3 is 1.43 bits per heavy atom. The second-order valence-electron chi connectivity index (χ2n) is 17.5. The molecule has 358 valence electrons. The highest BCUT2D eigenvalue weighted by molar-refractivity contribution is 5.79. The lowest BCUT2D eigenvalue weighted by molar-refractivity contribution is -0.477. The van der Waals surface area contributed by atoms with Crippen LogP contribution in [0.5, 0.6) is 0 Å². The minimum atomic E-state index is -9.50. The molecule has 0 aromatic heterocycles. The minimum absolute atomic E-state index is 0.0379. The van der Waals surface area contributed by atoms with E-state index in [0.29, 0.717) is 43.9 Å². The molecule has 61 heavy (non-hydrogen) atoms. The molecule has 9 atom stereocenters. The van der Waals surface area contributed by atoms with Crippen molar-refractivity contribution in [1.82, 2.24) is 0 Å². The summed E-state index contributed by atoms with van der Waals surface area (Å²) in [6, 6.07) is 0. The van der Waals surface area contributed by atoms with Crippen LogP contribution < -0.4 is 0 Å². The van der Waals surface area contributed by atoms with Gasteiger partial charge in [-0.15, -0.1) is 0 Å². The maximum Gasteiger partial charge on any atom is 0.460 e. The third-order valence-corrected chi connectivity index (χ3v) is 14.4. The molecule has 0 unspecified atom stereocenters. The third kappa shape index (κ3) is 6.88. The maximum atomic E-state index is 14.5. The molecule has 0 spiro atoms. The molecule has 0 radical (unpaired) electrons. The van der Waals surface area contributed by atoms with Crippen LogP contribution in [0.4, 0.5) is 101 Å². The Hall–Kier alpha value is -2.18. The van der Waals surface area contributed by atoms with Crippen LogP contribution in [0.25, 0.3) is 0 Å². The highest BCUT2D eigenvalue weighted by Gasteiger charge is 2.99. The van der Waals surface area contributed by atoms with E-state index >= 15 is 0 Å². The highest BCUT2D eigenvalue weighted by atomic mass is 19.4. The first-order chi connectivity index (χ1) is 27.0. The first-order valence-electron chi connectivity index (χ1n) is 18.7. The summed E-state index contributed by atoms with van der Waals surface area (Å²) in [5.41, 5.74) is -0.459. The number of esters is 1. The van der Waals surface area contributed by atoms with Gasteiger partial charge in [-0.1, -0.05) is 20.8 Å². The number of aliphatic hydroxyl groups excluding tert-OH is 1.